The molecule has 0 aromatic carbocycles. The lowest BCUT2D eigenvalue weighted by Gasteiger charge is -2.32. The van der Waals surface area contributed by atoms with Crippen LogP contribution >= 0.6 is 0 Å². The van der Waals surface area contributed by atoms with Crippen LogP contribution in [0.5, 0.6) is 0 Å². The predicted molar refractivity (Wildman–Crippen MR) is 121 cm³/mol. The van der Waals surface area contributed by atoms with E-state index in [2.05, 4.69) is 31.3 Å². The first-order valence-electron chi connectivity index (χ1n) is 10.9. The fraction of sp³-hybridized carbons (Fsp3) is 0.304. The number of aromatic nitrogens is 7. The summed E-state index contributed by atoms with van der Waals surface area (Å²) < 4.78 is 1.98. The molecule has 6 heterocycles. The van der Waals surface area contributed by atoms with Gasteiger partial charge in [0.2, 0.25) is 5.91 Å². The maximum Gasteiger partial charge on any atom is 0.222 e. The Hall–Kier alpha value is -3.88. The largest absolute Gasteiger partial charge is 0.346 e. The summed E-state index contributed by atoms with van der Waals surface area (Å²) in [5, 5.41) is 9.87. The molecule has 1 amide bonds. The summed E-state index contributed by atoms with van der Waals surface area (Å²) in [7, 11) is 0. The van der Waals surface area contributed by atoms with Gasteiger partial charge < -0.3 is 9.88 Å². The normalized spacial score (nSPS) is 15.2. The van der Waals surface area contributed by atoms with E-state index < -0.39 is 0 Å². The third-order valence-corrected chi connectivity index (χ3v) is 6.31. The van der Waals surface area contributed by atoms with Gasteiger partial charge in [-0.25, -0.2) is 14.6 Å². The molecule has 1 fully saturated rings. The molecule has 1 N–H and O–H groups in total. The number of H-pyrrole nitrogens is 1. The van der Waals surface area contributed by atoms with E-state index in [1.165, 1.54) is 0 Å². The molecular weight excluding hydrogens is 404 g/mol. The molecule has 0 aliphatic carbocycles. The number of hydrogen-bond acceptors (Lipinski definition) is 6. The molecule has 6 rings (SSSR count). The number of carbonyl (C=O) groups excluding carboxylic acids is 1. The lowest BCUT2D eigenvalue weighted by molar-refractivity contribution is -0.132. The quantitative estimate of drug-likeness (QED) is 0.473. The first-order valence-corrected chi connectivity index (χ1v) is 10.9. The number of hydrogen-bond donors (Lipinski definition) is 1. The molecule has 160 valence electrons. The van der Waals surface area contributed by atoms with Crippen LogP contribution in [0, 0.1) is 0 Å². The second-order valence-corrected chi connectivity index (χ2v) is 8.20. The number of aromatic amines is 1. The number of nitrogens with one attached hydrogen (secondary N) is 1. The number of carbonyl (C=O) groups is 1. The Morgan fingerprint density at radius 1 is 1.12 bits per heavy atom. The summed E-state index contributed by atoms with van der Waals surface area (Å²) in [6.07, 6.45) is 7.71. The lowest BCUT2D eigenvalue weighted by Crippen LogP contribution is -2.38. The minimum atomic E-state index is 0.176. The van der Waals surface area contributed by atoms with Crippen molar-refractivity contribution < 1.29 is 4.79 Å². The summed E-state index contributed by atoms with van der Waals surface area (Å²) in [6, 6.07) is 8.21. The Bertz CT molecular complexity index is 1460. The monoisotopic (exact) mass is 426 g/mol. The molecule has 5 aromatic rings. The number of fused-ring (bicyclic) bond motifs is 4. The zero-order chi connectivity index (χ0) is 21.7. The molecule has 9 nitrogen and oxygen atoms in total. The van der Waals surface area contributed by atoms with Crippen LogP contribution in [0.15, 0.2) is 42.9 Å². The van der Waals surface area contributed by atoms with Crippen LogP contribution in [0.1, 0.15) is 32.2 Å². The van der Waals surface area contributed by atoms with Crippen molar-refractivity contribution in [1.29, 1.82) is 0 Å². The van der Waals surface area contributed by atoms with Gasteiger partial charge >= 0.3 is 0 Å². The Kier molecular flexibility index (Phi) is 4.34. The highest BCUT2D eigenvalue weighted by molar-refractivity contribution is 6.00. The van der Waals surface area contributed by atoms with Gasteiger partial charge in [0, 0.05) is 42.9 Å². The summed E-state index contributed by atoms with van der Waals surface area (Å²) in [6.45, 7) is 3.39. The molecule has 0 saturated carbocycles. The van der Waals surface area contributed by atoms with Gasteiger partial charge in [-0.2, -0.15) is 0 Å². The maximum absolute atomic E-state index is 12.0. The maximum atomic E-state index is 12.0. The molecule has 32 heavy (non-hydrogen) atoms. The number of likely N-dealkylation sites (tertiary alicyclic amines) is 1. The number of piperidine rings is 1. The molecule has 1 saturated heterocycles. The smallest absolute Gasteiger partial charge is 0.222 e. The second-order valence-electron chi connectivity index (χ2n) is 8.20. The van der Waals surface area contributed by atoms with Crippen LogP contribution in [0.25, 0.3) is 44.4 Å². The molecule has 0 atom stereocenters. The van der Waals surface area contributed by atoms with Crippen LogP contribution in [0.3, 0.4) is 0 Å². The van der Waals surface area contributed by atoms with Crippen LogP contribution < -0.4 is 0 Å². The van der Waals surface area contributed by atoms with Crippen molar-refractivity contribution >= 4 is 39.0 Å². The molecule has 0 radical (unpaired) electrons. The van der Waals surface area contributed by atoms with E-state index in [1.807, 2.05) is 47.1 Å². The van der Waals surface area contributed by atoms with E-state index in [0.29, 0.717) is 6.42 Å². The van der Waals surface area contributed by atoms with Gasteiger partial charge in [-0.1, -0.05) is 12.1 Å². The fourth-order valence-corrected chi connectivity index (χ4v) is 4.56. The van der Waals surface area contributed by atoms with Gasteiger partial charge in [0.1, 0.15) is 22.2 Å². The van der Waals surface area contributed by atoms with Crippen molar-refractivity contribution in [2.24, 2.45) is 0 Å². The molecule has 0 spiro atoms. The van der Waals surface area contributed by atoms with Gasteiger partial charge in [0.25, 0.3) is 0 Å². The van der Waals surface area contributed by atoms with Crippen molar-refractivity contribution in [2.75, 3.05) is 13.1 Å². The van der Waals surface area contributed by atoms with Crippen molar-refractivity contribution in [2.45, 2.75) is 32.2 Å². The lowest BCUT2D eigenvalue weighted by atomic mass is 10.0. The first kappa shape index (κ1) is 18.9. The minimum absolute atomic E-state index is 0.176. The Balaban J connectivity index is 1.43. The predicted octanol–water partition coefficient (Wildman–Crippen LogP) is 3.49. The Morgan fingerprint density at radius 3 is 2.84 bits per heavy atom. The van der Waals surface area contributed by atoms with Gasteiger partial charge in [-0.15, -0.1) is 5.10 Å². The zero-order valence-electron chi connectivity index (χ0n) is 17.7. The van der Waals surface area contributed by atoms with Crippen molar-refractivity contribution in [1.82, 2.24) is 39.8 Å². The molecule has 1 aliphatic rings. The topological polar surface area (TPSA) is 105 Å². The van der Waals surface area contributed by atoms with Crippen LogP contribution in [-0.4, -0.2) is 58.8 Å². The van der Waals surface area contributed by atoms with Crippen molar-refractivity contribution in [3.05, 3.63) is 42.9 Å². The molecule has 5 aromatic heterocycles. The molecule has 0 bridgehead atoms. The van der Waals surface area contributed by atoms with Gasteiger partial charge in [0.05, 0.1) is 23.4 Å². The Labute approximate surface area is 183 Å². The number of pyridine rings is 3. The average molecular weight is 426 g/mol. The van der Waals surface area contributed by atoms with E-state index in [-0.39, 0.29) is 11.9 Å². The van der Waals surface area contributed by atoms with Gasteiger partial charge in [-0.05, 0) is 37.1 Å². The number of amides is 1. The molecular formula is C23H22N8O. The van der Waals surface area contributed by atoms with E-state index >= 15 is 0 Å². The Morgan fingerprint density at radius 2 is 2.00 bits per heavy atom. The highest BCUT2D eigenvalue weighted by atomic mass is 16.2. The van der Waals surface area contributed by atoms with Gasteiger partial charge in [-0.3, -0.25) is 9.78 Å². The van der Waals surface area contributed by atoms with E-state index in [0.717, 1.165) is 70.3 Å². The first-order chi connectivity index (χ1) is 15.7. The molecule has 0 unspecified atom stereocenters. The minimum Gasteiger partial charge on any atom is -0.346 e. The average Bonchev–Trinajstić information content (AvgIpc) is 3.50. The second kappa shape index (κ2) is 7.37. The van der Waals surface area contributed by atoms with Crippen molar-refractivity contribution in [3.8, 4) is 11.3 Å². The molecule has 9 heteroatoms. The van der Waals surface area contributed by atoms with Gasteiger partial charge in [0.15, 0.2) is 0 Å². The van der Waals surface area contributed by atoms with E-state index in [1.54, 1.807) is 6.20 Å². The highest BCUT2D eigenvalue weighted by Crippen LogP contribution is 2.30. The SMILES string of the molecule is CCC(=O)N1CCC(n2nnc3cnc4ccc(-c5cnc6[nH]ccc6c5)nc4c32)CC1. The van der Waals surface area contributed by atoms with E-state index in [9.17, 15) is 4.79 Å². The summed E-state index contributed by atoms with van der Waals surface area (Å²) in [5.74, 6) is 0.209. The van der Waals surface area contributed by atoms with Crippen molar-refractivity contribution in [3.63, 3.8) is 0 Å². The van der Waals surface area contributed by atoms with E-state index in [4.69, 9.17) is 4.98 Å². The van der Waals surface area contributed by atoms with Crippen LogP contribution in [0.4, 0.5) is 0 Å². The highest BCUT2D eigenvalue weighted by Gasteiger charge is 2.26. The molecule has 1 aliphatic heterocycles. The standard InChI is InChI=1S/C23H22N8O/c1-2-20(32)30-9-6-16(7-10-30)31-22-19(28-29-31)13-25-18-4-3-17(27-21(18)22)15-11-14-5-8-24-23(14)26-12-15/h3-5,8,11-13,16H,2,6-7,9-10H2,1H3,(H,24,26). The fourth-order valence-electron chi connectivity index (χ4n) is 4.56. The summed E-state index contributed by atoms with van der Waals surface area (Å²) in [4.78, 5) is 31.1. The zero-order valence-corrected chi connectivity index (χ0v) is 17.7. The number of nitrogens with zero attached hydrogens (tertiary/aromatic N) is 7. The summed E-state index contributed by atoms with van der Waals surface area (Å²) in [5.41, 5.74) is 5.85. The van der Waals surface area contributed by atoms with Crippen LogP contribution in [0.2, 0.25) is 0 Å². The number of rotatable bonds is 3. The van der Waals surface area contributed by atoms with Crippen LogP contribution in [-0.2, 0) is 4.79 Å². The third-order valence-electron chi connectivity index (χ3n) is 6.31. The summed E-state index contributed by atoms with van der Waals surface area (Å²) >= 11 is 0. The third kappa shape index (κ3) is 3.00.